The van der Waals surface area contributed by atoms with Crippen molar-refractivity contribution in [3.8, 4) is 0 Å². The van der Waals surface area contributed by atoms with E-state index in [1.165, 1.54) is 5.56 Å². The van der Waals surface area contributed by atoms with Gasteiger partial charge in [-0.05, 0) is 30.7 Å². The number of likely N-dealkylation sites (tertiary alicyclic amines) is 2. The van der Waals surface area contributed by atoms with E-state index in [2.05, 4.69) is 24.3 Å². The lowest BCUT2D eigenvalue weighted by molar-refractivity contribution is -0.188. The molecule has 0 bridgehead atoms. The Morgan fingerprint density at radius 3 is 2.04 bits per heavy atom. The maximum Gasteiger partial charge on any atom is 0.312 e. The summed E-state index contributed by atoms with van der Waals surface area (Å²) in [6, 6.07) is 10.5. The van der Waals surface area contributed by atoms with Crippen LogP contribution in [0.2, 0.25) is 0 Å². The zero-order chi connectivity index (χ0) is 18.7. The highest BCUT2D eigenvalue weighted by molar-refractivity contribution is 6.34. The van der Waals surface area contributed by atoms with E-state index in [9.17, 15) is 9.59 Å². The molecule has 0 aromatic heterocycles. The van der Waals surface area contributed by atoms with Crippen LogP contribution in [-0.2, 0) is 25.5 Å². The second kappa shape index (κ2) is 7.98. The summed E-state index contributed by atoms with van der Waals surface area (Å²) in [5.41, 5.74) is 1.34. The fourth-order valence-corrected chi connectivity index (χ4v) is 4.39. The molecule has 0 aliphatic carbocycles. The van der Waals surface area contributed by atoms with Gasteiger partial charge < -0.3 is 19.3 Å². The Bertz CT molecular complexity index is 654. The Hall–Kier alpha value is -1.92. The second-order valence-electron chi connectivity index (χ2n) is 7.83. The second-order valence-corrected chi connectivity index (χ2v) is 7.83. The fourth-order valence-electron chi connectivity index (χ4n) is 4.39. The van der Waals surface area contributed by atoms with Gasteiger partial charge in [0, 0.05) is 39.0 Å². The zero-order valence-electron chi connectivity index (χ0n) is 15.8. The van der Waals surface area contributed by atoms with Gasteiger partial charge in [-0.15, -0.1) is 0 Å². The summed E-state index contributed by atoms with van der Waals surface area (Å²) in [5, 5.41) is 0. The zero-order valence-corrected chi connectivity index (χ0v) is 15.8. The van der Waals surface area contributed by atoms with Crippen LogP contribution in [-0.4, -0.2) is 66.8 Å². The molecule has 3 aliphatic heterocycles. The molecular weight excluding hydrogens is 344 g/mol. The number of hydrogen-bond acceptors (Lipinski definition) is 4. The molecule has 0 unspecified atom stereocenters. The molecule has 146 valence electrons. The van der Waals surface area contributed by atoms with E-state index in [1.807, 2.05) is 6.07 Å². The molecule has 3 aliphatic rings. The Labute approximate surface area is 160 Å². The highest BCUT2D eigenvalue weighted by Gasteiger charge is 2.42. The summed E-state index contributed by atoms with van der Waals surface area (Å²) < 4.78 is 11.4. The van der Waals surface area contributed by atoms with E-state index in [0.29, 0.717) is 58.2 Å². The van der Waals surface area contributed by atoms with Crippen molar-refractivity contribution in [1.29, 1.82) is 0 Å². The summed E-state index contributed by atoms with van der Waals surface area (Å²) in [7, 11) is 0. The van der Waals surface area contributed by atoms with Crippen molar-refractivity contribution in [3.05, 3.63) is 35.9 Å². The topological polar surface area (TPSA) is 59.1 Å². The minimum atomic E-state index is -0.518. The molecule has 1 aromatic rings. The molecule has 0 radical (unpaired) electrons. The third kappa shape index (κ3) is 4.17. The molecule has 3 fully saturated rings. The molecule has 1 aromatic carbocycles. The molecule has 6 heteroatoms. The minimum Gasteiger partial charge on any atom is -0.347 e. The largest absolute Gasteiger partial charge is 0.347 e. The van der Waals surface area contributed by atoms with Crippen LogP contribution in [0.4, 0.5) is 0 Å². The van der Waals surface area contributed by atoms with Crippen LogP contribution in [0.25, 0.3) is 0 Å². The summed E-state index contributed by atoms with van der Waals surface area (Å²) in [6.45, 7) is 3.62. The Kier molecular flexibility index (Phi) is 5.45. The molecule has 0 saturated carbocycles. The number of nitrogens with zero attached hydrogens (tertiary/aromatic N) is 2. The van der Waals surface area contributed by atoms with E-state index in [1.54, 1.807) is 9.80 Å². The van der Waals surface area contributed by atoms with Crippen molar-refractivity contribution < 1.29 is 19.1 Å². The lowest BCUT2D eigenvalue weighted by atomic mass is 9.90. The van der Waals surface area contributed by atoms with Crippen molar-refractivity contribution in [1.82, 2.24) is 9.80 Å². The van der Waals surface area contributed by atoms with Crippen LogP contribution in [0.1, 0.15) is 31.2 Å². The maximum absolute atomic E-state index is 12.6. The van der Waals surface area contributed by atoms with Gasteiger partial charge in [-0.25, -0.2) is 0 Å². The van der Waals surface area contributed by atoms with Crippen molar-refractivity contribution in [3.63, 3.8) is 0 Å². The smallest absolute Gasteiger partial charge is 0.312 e. The van der Waals surface area contributed by atoms with Crippen LogP contribution in [0.3, 0.4) is 0 Å². The molecule has 1 spiro atoms. The number of carbonyl (C=O) groups is 2. The van der Waals surface area contributed by atoms with E-state index in [0.717, 1.165) is 19.3 Å². The molecule has 27 heavy (non-hydrogen) atoms. The normalized spacial score (nSPS) is 23.0. The van der Waals surface area contributed by atoms with E-state index in [-0.39, 0.29) is 11.8 Å². The number of carbonyl (C=O) groups excluding carboxylic acids is 2. The van der Waals surface area contributed by atoms with E-state index >= 15 is 0 Å². The van der Waals surface area contributed by atoms with Gasteiger partial charge in [0.25, 0.3) is 0 Å². The monoisotopic (exact) mass is 372 g/mol. The van der Waals surface area contributed by atoms with Crippen LogP contribution in [0.5, 0.6) is 0 Å². The molecule has 2 amide bonds. The van der Waals surface area contributed by atoms with Crippen LogP contribution >= 0.6 is 0 Å². The Morgan fingerprint density at radius 2 is 1.44 bits per heavy atom. The lowest BCUT2D eigenvalue weighted by Gasteiger charge is -2.38. The van der Waals surface area contributed by atoms with E-state index < -0.39 is 5.79 Å². The van der Waals surface area contributed by atoms with Crippen molar-refractivity contribution >= 4 is 11.8 Å². The Morgan fingerprint density at radius 1 is 0.889 bits per heavy atom. The van der Waals surface area contributed by atoms with E-state index in [4.69, 9.17) is 9.47 Å². The minimum absolute atomic E-state index is 0.350. The predicted octanol–water partition coefficient (Wildman–Crippen LogP) is 1.83. The quantitative estimate of drug-likeness (QED) is 0.744. The first kappa shape index (κ1) is 18.4. The fraction of sp³-hybridized carbons (Fsp3) is 0.619. The molecule has 3 heterocycles. The number of piperidine rings is 2. The van der Waals surface area contributed by atoms with Gasteiger partial charge >= 0.3 is 11.8 Å². The van der Waals surface area contributed by atoms with Gasteiger partial charge in [-0.2, -0.15) is 0 Å². The summed E-state index contributed by atoms with van der Waals surface area (Å²) in [5.74, 6) is -0.657. The molecule has 0 atom stereocenters. The average molecular weight is 372 g/mol. The highest BCUT2D eigenvalue weighted by atomic mass is 16.7. The summed E-state index contributed by atoms with van der Waals surface area (Å²) >= 11 is 0. The molecule has 0 N–H and O–H groups in total. The summed E-state index contributed by atoms with van der Waals surface area (Å²) in [4.78, 5) is 28.7. The predicted molar refractivity (Wildman–Crippen MR) is 99.9 cm³/mol. The van der Waals surface area contributed by atoms with Crippen LogP contribution in [0.15, 0.2) is 30.3 Å². The van der Waals surface area contributed by atoms with Gasteiger partial charge in [-0.1, -0.05) is 30.3 Å². The first-order valence-corrected chi connectivity index (χ1v) is 10.1. The Balaban J connectivity index is 1.25. The molecular formula is C21H28N2O4. The lowest BCUT2D eigenvalue weighted by Crippen LogP contribution is -2.53. The van der Waals surface area contributed by atoms with Crippen molar-refractivity contribution in [2.45, 2.75) is 37.9 Å². The van der Waals surface area contributed by atoms with Crippen molar-refractivity contribution in [2.24, 2.45) is 5.92 Å². The SMILES string of the molecule is O=C(C(=O)N1CCC2(CC1)OCCO2)N1CCC(Cc2ccccc2)CC1. The summed E-state index contributed by atoms with van der Waals surface area (Å²) in [6.07, 6.45) is 4.25. The standard InChI is InChI=1S/C21H28N2O4/c24-19(20(25)23-12-8-21(9-13-23)26-14-15-27-21)22-10-6-18(7-11-22)16-17-4-2-1-3-5-17/h1-5,18H,6-16H2. The molecule has 4 rings (SSSR count). The number of benzene rings is 1. The first-order valence-electron chi connectivity index (χ1n) is 10.1. The van der Waals surface area contributed by atoms with Crippen molar-refractivity contribution in [2.75, 3.05) is 39.4 Å². The van der Waals surface area contributed by atoms with Crippen LogP contribution in [0, 0.1) is 5.92 Å². The van der Waals surface area contributed by atoms with Gasteiger partial charge in [0.1, 0.15) is 0 Å². The molecule has 6 nitrogen and oxygen atoms in total. The first-order chi connectivity index (χ1) is 13.2. The highest BCUT2D eigenvalue weighted by Crippen LogP contribution is 2.31. The third-order valence-electron chi connectivity index (χ3n) is 6.08. The van der Waals surface area contributed by atoms with Gasteiger partial charge in [0.2, 0.25) is 0 Å². The number of amides is 2. The van der Waals surface area contributed by atoms with Gasteiger partial charge in [-0.3, -0.25) is 9.59 Å². The average Bonchev–Trinajstić information content (AvgIpc) is 3.17. The van der Waals surface area contributed by atoms with Gasteiger partial charge in [0.05, 0.1) is 13.2 Å². The molecule has 3 saturated heterocycles. The van der Waals surface area contributed by atoms with Crippen LogP contribution < -0.4 is 0 Å². The third-order valence-corrected chi connectivity index (χ3v) is 6.08. The number of ether oxygens (including phenoxy) is 2. The van der Waals surface area contributed by atoms with Gasteiger partial charge in [0.15, 0.2) is 5.79 Å². The number of hydrogen-bond donors (Lipinski definition) is 0. The maximum atomic E-state index is 12.6. The number of rotatable bonds is 2.